The zero-order valence-corrected chi connectivity index (χ0v) is 27.6. The Balaban J connectivity index is 0.000000143. The van der Waals surface area contributed by atoms with Crippen molar-refractivity contribution in [2.45, 2.75) is 18.5 Å². The lowest BCUT2D eigenvalue weighted by molar-refractivity contribution is 0.470. The maximum Gasteiger partial charge on any atom is 0.151 e. The first-order valence-electron chi connectivity index (χ1n) is 14.7. The maximum absolute atomic E-state index is 13.9. The third-order valence-corrected chi connectivity index (χ3v) is 7.69. The fourth-order valence-corrected chi connectivity index (χ4v) is 5.02. The number of fused-ring (bicyclic) bond motifs is 2. The standard InChI is InChI=1S/C17H13ClFN5.C12H8FN3.C5H4Cl2N2/c18-16-6-5-11(22-23-16)9-24-8-7-14-15(10-24)21-17(20-14)12-3-1-2-4-13(12)19;13-9-4-2-1-3-8(9)12-15-10-5-6-14-7-11(10)16-12;6-3-4-1-2-5(7)9-8-4/h1-8,10,14H,9H2,(H,20,21);1-7H,(H,15,16);1-2H,3H2. The summed E-state index contributed by atoms with van der Waals surface area (Å²) < 4.78 is 27.4. The van der Waals surface area contributed by atoms with E-state index in [1.807, 2.05) is 29.4 Å². The van der Waals surface area contributed by atoms with Gasteiger partial charge in [0.2, 0.25) is 0 Å². The van der Waals surface area contributed by atoms with Crippen LogP contribution >= 0.6 is 34.8 Å². The molecule has 10 nitrogen and oxygen atoms in total. The number of hydrogen-bond donors (Lipinski definition) is 2. The third kappa shape index (κ3) is 8.60. The Labute approximate surface area is 294 Å². The Morgan fingerprint density at radius 2 is 1.45 bits per heavy atom. The van der Waals surface area contributed by atoms with Crippen LogP contribution in [0.1, 0.15) is 17.0 Å². The van der Waals surface area contributed by atoms with Crippen LogP contribution in [0.15, 0.2) is 120 Å². The molecule has 0 amide bonds. The normalized spacial score (nSPS) is 14.5. The number of halogens is 5. The van der Waals surface area contributed by atoms with Gasteiger partial charge >= 0.3 is 0 Å². The molecule has 2 aliphatic heterocycles. The number of imidazole rings is 1. The Hall–Kier alpha value is -5.30. The Morgan fingerprint density at radius 3 is 2.08 bits per heavy atom. The molecular weight excluding hydrogens is 693 g/mol. The monoisotopic (exact) mass is 716 g/mol. The van der Waals surface area contributed by atoms with Crippen molar-refractivity contribution in [2.75, 3.05) is 0 Å². The summed E-state index contributed by atoms with van der Waals surface area (Å²) in [4.78, 5) is 17.8. The Kier molecular flexibility index (Phi) is 10.8. The van der Waals surface area contributed by atoms with Gasteiger partial charge in [0.15, 0.2) is 10.3 Å². The van der Waals surface area contributed by atoms with Crippen molar-refractivity contribution in [2.24, 2.45) is 4.99 Å². The first-order valence-corrected chi connectivity index (χ1v) is 16.0. The molecule has 0 aliphatic carbocycles. The van der Waals surface area contributed by atoms with Crippen molar-refractivity contribution in [3.8, 4) is 11.4 Å². The number of aliphatic imine (C=N–C) groups is 1. The summed E-state index contributed by atoms with van der Waals surface area (Å²) in [7, 11) is 0. The molecule has 0 radical (unpaired) electrons. The first kappa shape index (κ1) is 33.6. The van der Waals surface area contributed by atoms with Gasteiger partial charge in [-0.3, -0.25) is 9.98 Å². The predicted octanol–water partition coefficient (Wildman–Crippen LogP) is 7.49. The van der Waals surface area contributed by atoms with Crippen molar-refractivity contribution in [3.05, 3.63) is 154 Å². The van der Waals surface area contributed by atoms with E-state index in [2.05, 4.69) is 45.7 Å². The van der Waals surface area contributed by atoms with Gasteiger partial charge < -0.3 is 15.2 Å². The third-order valence-electron chi connectivity index (χ3n) is 7.01. The van der Waals surface area contributed by atoms with Crippen LogP contribution in [0.2, 0.25) is 10.3 Å². The van der Waals surface area contributed by atoms with Crippen LogP contribution in [0.4, 0.5) is 8.78 Å². The average Bonchev–Trinajstić information content (AvgIpc) is 3.75. The molecular formula is C34H25Cl3F2N10. The van der Waals surface area contributed by atoms with Gasteiger partial charge in [-0.1, -0.05) is 47.5 Å². The molecule has 1 atom stereocenters. The quantitative estimate of drug-likeness (QED) is 0.176. The lowest BCUT2D eigenvalue weighted by atomic mass is 10.2. The molecule has 0 spiro atoms. The number of alkyl halides is 1. The van der Waals surface area contributed by atoms with Gasteiger partial charge in [-0.05, 0) is 60.7 Å². The van der Waals surface area contributed by atoms with Crippen LogP contribution in [0, 0.1) is 11.6 Å². The largest absolute Gasteiger partial charge is 0.347 e. The molecule has 0 fully saturated rings. The Bertz CT molecular complexity index is 2100. The van der Waals surface area contributed by atoms with Crippen LogP contribution in [0.5, 0.6) is 0 Å². The van der Waals surface area contributed by atoms with Crippen LogP contribution in [0.25, 0.3) is 22.4 Å². The number of pyridine rings is 1. The first-order chi connectivity index (χ1) is 23.9. The molecule has 0 bridgehead atoms. The van der Waals surface area contributed by atoms with Gasteiger partial charge in [-0.2, -0.15) is 10.2 Å². The molecule has 49 heavy (non-hydrogen) atoms. The van der Waals surface area contributed by atoms with Gasteiger partial charge in [0.05, 0.1) is 57.9 Å². The smallest absolute Gasteiger partial charge is 0.151 e. The Morgan fingerprint density at radius 1 is 0.776 bits per heavy atom. The molecule has 8 rings (SSSR count). The van der Waals surface area contributed by atoms with Crippen molar-refractivity contribution in [3.63, 3.8) is 0 Å². The van der Waals surface area contributed by atoms with E-state index in [4.69, 9.17) is 34.8 Å². The van der Waals surface area contributed by atoms with E-state index < -0.39 is 0 Å². The van der Waals surface area contributed by atoms with E-state index in [1.54, 1.807) is 73.1 Å². The fourth-order valence-electron chi connectivity index (χ4n) is 4.68. The summed E-state index contributed by atoms with van der Waals surface area (Å²) >= 11 is 16.6. The predicted molar refractivity (Wildman–Crippen MR) is 186 cm³/mol. The van der Waals surface area contributed by atoms with Crippen molar-refractivity contribution >= 4 is 51.7 Å². The molecule has 4 aromatic heterocycles. The second-order valence-electron chi connectivity index (χ2n) is 10.4. The highest BCUT2D eigenvalue weighted by Crippen LogP contribution is 2.24. The van der Waals surface area contributed by atoms with Crippen LogP contribution in [-0.4, -0.2) is 52.1 Å². The minimum atomic E-state index is -0.291. The summed E-state index contributed by atoms with van der Waals surface area (Å²) in [6.07, 6.45) is 9.17. The SMILES string of the molecule is ClCc1ccc(Cl)nn1.Fc1ccccc1-c1nc2ccncc2[nH]1.Fc1ccccc1C1=NC2C=CN(Cc3ccc(Cl)nn3)C=C2N1. The minimum absolute atomic E-state index is 0.118. The maximum atomic E-state index is 13.9. The highest BCUT2D eigenvalue weighted by Gasteiger charge is 2.26. The van der Waals surface area contributed by atoms with Crippen LogP contribution < -0.4 is 5.32 Å². The lowest BCUT2D eigenvalue weighted by Gasteiger charge is -2.21. The average molecular weight is 718 g/mol. The number of amidine groups is 1. The number of aromatic nitrogens is 7. The molecule has 2 aliphatic rings. The topological polar surface area (TPSA) is 121 Å². The van der Waals surface area contributed by atoms with E-state index >= 15 is 0 Å². The zero-order chi connectivity index (χ0) is 34.2. The number of H-pyrrole nitrogens is 1. The van der Waals surface area contributed by atoms with Gasteiger partial charge in [-0.15, -0.1) is 21.8 Å². The van der Waals surface area contributed by atoms with Gasteiger partial charge in [0, 0.05) is 18.6 Å². The zero-order valence-electron chi connectivity index (χ0n) is 25.4. The molecule has 1 unspecified atom stereocenters. The second-order valence-corrected chi connectivity index (χ2v) is 11.5. The van der Waals surface area contributed by atoms with E-state index in [0.717, 1.165) is 28.1 Å². The van der Waals surface area contributed by atoms with Gasteiger partial charge in [0.1, 0.15) is 29.3 Å². The lowest BCUT2D eigenvalue weighted by Crippen LogP contribution is -2.25. The molecule has 0 saturated carbocycles. The molecule has 15 heteroatoms. The summed E-state index contributed by atoms with van der Waals surface area (Å²) in [5.74, 6) is 0.877. The van der Waals surface area contributed by atoms with Gasteiger partial charge in [0.25, 0.3) is 0 Å². The highest BCUT2D eigenvalue weighted by molar-refractivity contribution is 6.29. The van der Waals surface area contributed by atoms with E-state index in [1.165, 1.54) is 12.1 Å². The van der Waals surface area contributed by atoms with E-state index in [-0.39, 0.29) is 17.7 Å². The molecule has 2 N–H and O–H groups in total. The minimum Gasteiger partial charge on any atom is -0.347 e. The summed E-state index contributed by atoms with van der Waals surface area (Å²) in [5.41, 5.74) is 4.97. The van der Waals surface area contributed by atoms with Crippen molar-refractivity contribution in [1.29, 1.82) is 0 Å². The molecule has 6 heterocycles. The van der Waals surface area contributed by atoms with Gasteiger partial charge in [-0.25, -0.2) is 13.8 Å². The molecule has 6 aromatic rings. The number of aromatic amines is 1. The number of hydrogen-bond acceptors (Lipinski definition) is 9. The van der Waals surface area contributed by atoms with Crippen LogP contribution in [-0.2, 0) is 12.4 Å². The number of rotatable bonds is 5. The summed E-state index contributed by atoms with van der Waals surface area (Å²) in [5, 5.41) is 19.1. The second kappa shape index (κ2) is 15.7. The summed E-state index contributed by atoms with van der Waals surface area (Å²) in [6.45, 7) is 0.563. The van der Waals surface area contributed by atoms with E-state index in [9.17, 15) is 8.78 Å². The number of benzene rings is 2. The highest BCUT2D eigenvalue weighted by atomic mass is 35.5. The molecule has 246 valence electrons. The number of nitrogens with zero attached hydrogens (tertiary/aromatic N) is 8. The van der Waals surface area contributed by atoms with Crippen molar-refractivity contribution in [1.82, 2.24) is 45.6 Å². The van der Waals surface area contributed by atoms with E-state index in [0.29, 0.717) is 45.5 Å². The fraction of sp³-hybridized carbons (Fsp3) is 0.0882. The van der Waals surface area contributed by atoms with Crippen LogP contribution in [0.3, 0.4) is 0 Å². The summed E-state index contributed by atoms with van der Waals surface area (Å²) in [6, 6.07) is 21.8. The molecule has 2 aromatic carbocycles. The van der Waals surface area contributed by atoms with Crippen molar-refractivity contribution < 1.29 is 8.78 Å². The molecule has 0 saturated heterocycles. The number of nitrogens with one attached hydrogen (secondary N) is 2.